The zero-order chi connectivity index (χ0) is 19.0. The summed E-state index contributed by atoms with van der Waals surface area (Å²) in [7, 11) is 0. The third-order valence-corrected chi connectivity index (χ3v) is 4.93. The van der Waals surface area contributed by atoms with Crippen molar-refractivity contribution < 1.29 is 9.50 Å². The van der Waals surface area contributed by atoms with E-state index in [9.17, 15) is 9.50 Å². The number of imidazole rings is 1. The third-order valence-electron chi connectivity index (χ3n) is 4.93. The zero-order valence-electron chi connectivity index (χ0n) is 15.2. The second kappa shape index (κ2) is 6.74. The molecule has 0 aliphatic heterocycles. The van der Waals surface area contributed by atoms with Gasteiger partial charge >= 0.3 is 0 Å². The van der Waals surface area contributed by atoms with Crippen LogP contribution in [0.15, 0.2) is 30.3 Å². The number of anilines is 1. The van der Waals surface area contributed by atoms with Gasteiger partial charge in [-0.15, -0.1) is 0 Å². The van der Waals surface area contributed by atoms with Gasteiger partial charge in [0.2, 0.25) is 0 Å². The molecule has 0 spiro atoms. The van der Waals surface area contributed by atoms with Crippen LogP contribution in [0.3, 0.4) is 0 Å². The Labute approximate surface area is 156 Å². The smallest absolute Gasteiger partial charge is 0.166 e. The van der Waals surface area contributed by atoms with Crippen LogP contribution >= 0.6 is 0 Å². The molecule has 0 amide bonds. The fraction of sp³-hybridized carbons (Fsp3) is 0.350. The molecule has 3 N–H and O–H groups in total. The summed E-state index contributed by atoms with van der Waals surface area (Å²) in [6.07, 6.45) is 6.83. The number of nitrogens with zero attached hydrogens (tertiary/aromatic N) is 4. The van der Waals surface area contributed by atoms with Gasteiger partial charge in [0.1, 0.15) is 11.6 Å². The minimum Gasteiger partial charge on any atom is -0.386 e. The summed E-state index contributed by atoms with van der Waals surface area (Å²) >= 11 is 0. The molecule has 6 nitrogen and oxygen atoms in total. The van der Waals surface area contributed by atoms with Gasteiger partial charge in [-0.3, -0.25) is 0 Å². The van der Waals surface area contributed by atoms with E-state index >= 15 is 0 Å². The second-order valence-electron chi connectivity index (χ2n) is 7.03. The molecule has 0 bridgehead atoms. The van der Waals surface area contributed by atoms with Crippen molar-refractivity contribution in [1.29, 1.82) is 0 Å². The molecule has 0 atom stereocenters. The molecule has 0 unspecified atom stereocenters. The van der Waals surface area contributed by atoms with Crippen LogP contribution in [0.1, 0.15) is 38.4 Å². The van der Waals surface area contributed by atoms with E-state index in [4.69, 9.17) is 5.73 Å². The minimum atomic E-state index is -0.760. The molecule has 3 aromatic rings. The number of aliphatic hydroxyl groups is 1. The number of fused-ring (bicyclic) bond motifs is 1. The van der Waals surface area contributed by atoms with Crippen molar-refractivity contribution in [1.82, 2.24) is 19.5 Å². The molecule has 1 saturated carbocycles. The Bertz CT molecular complexity index is 1020. The van der Waals surface area contributed by atoms with Gasteiger partial charge in [-0.05, 0) is 50.0 Å². The van der Waals surface area contributed by atoms with Gasteiger partial charge in [-0.1, -0.05) is 19.1 Å². The van der Waals surface area contributed by atoms with Gasteiger partial charge in [0, 0.05) is 12.1 Å². The Morgan fingerprint density at radius 3 is 2.78 bits per heavy atom. The van der Waals surface area contributed by atoms with Gasteiger partial charge in [0.15, 0.2) is 22.8 Å². The predicted octanol–water partition coefficient (Wildman–Crippen LogP) is 3.55. The van der Waals surface area contributed by atoms with E-state index < -0.39 is 5.60 Å². The summed E-state index contributed by atoms with van der Waals surface area (Å²) in [6.45, 7) is 2.73. The number of aryl methyl sites for hydroxylation is 1. The first-order valence-electron chi connectivity index (χ1n) is 9.20. The summed E-state index contributed by atoms with van der Waals surface area (Å²) in [5, 5.41) is 10.2. The number of nitrogen functional groups attached to an aromatic ring is 1. The molecule has 1 aromatic carbocycles. The fourth-order valence-electron chi connectivity index (χ4n) is 3.33. The molecular weight excluding hydrogens is 345 g/mol. The first-order valence-corrected chi connectivity index (χ1v) is 9.20. The lowest BCUT2D eigenvalue weighted by Crippen LogP contribution is -2.33. The quantitative estimate of drug-likeness (QED) is 0.720. The molecule has 4 rings (SSSR count). The standard InChI is InChI=1S/C20H22FN5O/c1-2-11-26-18(13-5-3-6-14(21)12-13)25-16-17(22)23-15(24-19(16)26)7-10-20(27)8-4-9-20/h3,5-7,10,12,27H,2,4,8-9,11H2,1H3,(H2,22,23,24)/b10-7+. The largest absolute Gasteiger partial charge is 0.386 e. The van der Waals surface area contributed by atoms with Gasteiger partial charge < -0.3 is 15.4 Å². The number of nitrogens with two attached hydrogens (primary N) is 1. The highest BCUT2D eigenvalue weighted by Crippen LogP contribution is 2.33. The summed E-state index contributed by atoms with van der Waals surface area (Å²) < 4.78 is 15.6. The van der Waals surface area contributed by atoms with Crippen LogP contribution in [0, 0.1) is 5.82 Å². The number of rotatable bonds is 5. The van der Waals surface area contributed by atoms with Crippen LogP contribution in [-0.4, -0.2) is 30.2 Å². The van der Waals surface area contributed by atoms with E-state index in [0.717, 1.165) is 25.7 Å². The van der Waals surface area contributed by atoms with Crippen molar-refractivity contribution in [2.75, 3.05) is 5.73 Å². The lowest BCUT2D eigenvalue weighted by Gasteiger charge is -2.33. The number of benzene rings is 1. The molecule has 140 valence electrons. The van der Waals surface area contributed by atoms with Crippen molar-refractivity contribution in [3.63, 3.8) is 0 Å². The summed E-state index contributed by atoms with van der Waals surface area (Å²) in [6, 6.07) is 6.32. The van der Waals surface area contributed by atoms with Crippen LogP contribution in [0.25, 0.3) is 28.6 Å². The molecule has 0 saturated heterocycles. The first kappa shape index (κ1) is 17.6. The van der Waals surface area contributed by atoms with E-state index in [2.05, 4.69) is 21.9 Å². The lowest BCUT2D eigenvalue weighted by molar-refractivity contribution is 0.0150. The van der Waals surface area contributed by atoms with Crippen molar-refractivity contribution in [2.45, 2.75) is 44.8 Å². The monoisotopic (exact) mass is 367 g/mol. The third kappa shape index (κ3) is 3.30. The Kier molecular flexibility index (Phi) is 4.39. The molecular formula is C20H22FN5O. The maximum atomic E-state index is 13.7. The van der Waals surface area contributed by atoms with E-state index in [1.54, 1.807) is 18.2 Å². The van der Waals surface area contributed by atoms with Gasteiger partial charge in [0.25, 0.3) is 0 Å². The molecule has 1 aliphatic rings. The minimum absolute atomic E-state index is 0.271. The average molecular weight is 367 g/mol. The zero-order valence-corrected chi connectivity index (χ0v) is 15.2. The predicted molar refractivity (Wildman–Crippen MR) is 103 cm³/mol. The van der Waals surface area contributed by atoms with Crippen LogP contribution < -0.4 is 5.73 Å². The lowest BCUT2D eigenvalue weighted by atomic mass is 9.80. The van der Waals surface area contributed by atoms with Crippen LogP contribution in [0.4, 0.5) is 10.2 Å². The normalized spacial score (nSPS) is 16.1. The summed E-state index contributed by atoms with van der Waals surface area (Å²) in [5.74, 6) is 1.00. The van der Waals surface area contributed by atoms with Crippen LogP contribution in [0.2, 0.25) is 0 Å². The Morgan fingerprint density at radius 1 is 1.30 bits per heavy atom. The van der Waals surface area contributed by atoms with Crippen molar-refractivity contribution in [3.8, 4) is 11.4 Å². The van der Waals surface area contributed by atoms with Gasteiger partial charge in [-0.25, -0.2) is 19.3 Å². The molecule has 7 heteroatoms. The Hall–Kier alpha value is -2.80. The van der Waals surface area contributed by atoms with Crippen molar-refractivity contribution in [3.05, 3.63) is 42.0 Å². The number of hydrogen-bond acceptors (Lipinski definition) is 5. The van der Waals surface area contributed by atoms with E-state index in [1.807, 2.05) is 10.6 Å². The average Bonchev–Trinajstić information content (AvgIpc) is 2.98. The van der Waals surface area contributed by atoms with E-state index in [0.29, 0.717) is 34.9 Å². The molecule has 1 fully saturated rings. The topological polar surface area (TPSA) is 89.9 Å². The number of aromatic nitrogens is 4. The molecule has 27 heavy (non-hydrogen) atoms. The highest BCUT2D eigenvalue weighted by molar-refractivity contribution is 5.86. The van der Waals surface area contributed by atoms with Crippen molar-refractivity contribution in [2.24, 2.45) is 0 Å². The SMILES string of the molecule is CCCn1c(-c2cccc(F)c2)nc2c(N)nc(/C=C/C3(O)CCC3)nc21. The molecule has 2 heterocycles. The van der Waals surface area contributed by atoms with Crippen molar-refractivity contribution >= 4 is 23.1 Å². The van der Waals surface area contributed by atoms with Gasteiger partial charge in [0.05, 0.1) is 5.60 Å². The molecule has 1 aliphatic carbocycles. The maximum absolute atomic E-state index is 13.7. The summed E-state index contributed by atoms with van der Waals surface area (Å²) in [4.78, 5) is 13.5. The Balaban J connectivity index is 1.84. The van der Waals surface area contributed by atoms with E-state index in [-0.39, 0.29) is 11.6 Å². The fourth-order valence-corrected chi connectivity index (χ4v) is 3.33. The highest BCUT2D eigenvalue weighted by Gasteiger charge is 2.31. The van der Waals surface area contributed by atoms with Crippen LogP contribution in [-0.2, 0) is 6.54 Å². The summed E-state index contributed by atoms with van der Waals surface area (Å²) in [5.41, 5.74) is 7.16. The number of hydrogen-bond donors (Lipinski definition) is 2. The van der Waals surface area contributed by atoms with E-state index in [1.165, 1.54) is 12.1 Å². The molecule has 2 aromatic heterocycles. The van der Waals surface area contributed by atoms with Gasteiger partial charge in [-0.2, -0.15) is 0 Å². The van der Waals surface area contributed by atoms with Crippen LogP contribution in [0.5, 0.6) is 0 Å². The highest BCUT2D eigenvalue weighted by atomic mass is 19.1. The first-order chi connectivity index (χ1) is 13.0. The molecule has 0 radical (unpaired) electrons. The number of halogens is 1. The maximum Gasteiger partial charge on any atom is 0.166 e. The second-order valence-corrected chi connectivity index (χ2v) is 7.03. The Morgan fingerprint density at radius 2 is 2.11 bits per heavy atom.